The first kappa shape index (κ1) is 11.4. The van der Waals surface area contributed by atoms with E-state index in [0.717, 1.165) is 17.1 Å². The van der Waals surface area contributed by atoms with Crippen molar-refractivity contribution in [1.29, 1.82) is 0 Å². The number of hydrogen-bond acceptors (Lipinski definition) is 4. The van der Waals surface area contributed by atoms with Crippen LogP contribution in [0.5, 0.6) is 5.75 Å². The molecular formula is C13H15N3O. The number of nitrogens with zero attached hydrogens (tertiary/aromatic N) is 2. The second-order valence-electron chi connectivity index (χ2n) is 3.51. The predicted octanol–water partition coefficient (Wildman–Crippen LogP) is 2.49. The second-order valence-corrected chi connectivity index (χ2v) is 3.51. The largest absolute Gasteiger partial charge is 0.494 e. The summed E-state index contributed by atoms with van der Waals surface area (Å²) in [5.41, 5.74) is 1.96. The zero-order valence-electron chi connectivity index (χ0n) is 9.76. The Kier molecular flexibility index (Phi) is 3.91. The number of anilines is 1. The predicted molar refractivity (Wildman–Crippen MR) is 67.0 cm³/mol. The van der Waals surface area contributed by atoms with Crippen molar-refractivity contribution in [3.05, 3.63) is 48.5 Å². The van der Waals surface area contributed by atoms with Crippen molar-refractivity contribution in [2.24, 2.45) is 0 Å². The molecule has 0 bridgehead atoms. The highest BCUT2D eigenvalue weighted by Crippen LogP contribution is 2.15. The van der Waals surface area contributed by atoms with E-state index in [1.807, 2.05) is 31.2 Å². The van der Waals surface area contributed by atoms with Crippen molar-refractivity contribution in [2.75, 3.05) is 11.9 Å². The fourth-order valence-corrected chi connectivity index (χ4v) is 1.45. The summed E-state index contributed by atoms with van der Waals surface area (Å²) in [7, 11) is 0. The summed E-state index contributed by atoms with van der Waals surface area (Å²) in [6.45, 7) is 3.33. The average molecular weight is 229 g/mol. The molecule has 1 N–H and O–H groups in total. The topological polar surface area (TPSA) is 47.0 Å². The lowest BCUT2D eigenvalue weighted by Crippen LogP contribution is -2.01. The molecule has 0 aliphatic heterocycles. The molecule has 0 atom stereocenters. The Hall–Kier alpha value is -2.10. The molecular weight excluding hydrogens is 214 g/mol. The fraction of sp³-hybridized carbons (Fsp3) is 0.231. The van der Waals surface area contributed by atoms with Crippen LogP contribution in [0, 0.1) is 0 Å². The van der Waals surface area contributed by atoms with Gasteiger partial charge in [0.25, 0.3) is 0 Å². The second kappa shape index (κ2) is 5.84. The van der Waals surface area contributed by atoms with Gasteiger partial charge in [-0.3, -0.25) is 9.97 Å². The number of aromatic nitrogens is 2. The van der Waals surface area contributed by atoms with Gasteiger partial charge in [0.05, 0.1) is 25.0 Å². The molecule has 1 aromatic carbocycles. The molecule has 88 valence electrons. The molecule has 17 heavy (non-hydrogen) atoms. The van der Waals surface area contributed by atoms with Gasteiger partial charge in [-0.2, -0.15) is 0 Å². The fourth-order valence-electron chi connectivity index (χ4n) is 1.45. The molecule has 0 saturated carbocycles. The van der Waals surface area contributed by atoms with Crippen LogP contribution in [0.3, 0.4) is 0 Å². The van der Waals surface area contributed by atoms with E-state index in [0.29, 0.717) is 13.2 Å². The first-order chi connectivity index (χ1) is 8.38. The number of nitrogens with one attached hydrogen (secondary N) is 1. The lowest BCUT2D eigenvalue weighted by Gasteiger charge is -2.07. The van der Waals surface area contributed by atoms with Crippen LogP contribution in [0.15, 0.2) is 42.9 Å². The van der Waals surface area contributed by atoms with Gasteiger partial charge in [0.2, 0.25) is 0 Å². The lowest BCUT2D eigenvalue weighted by molar-refractivity contribution is 0.340. The Labute approximate surface area is 101 Å². The van der Waals surface area contributed by atoms with Crippen molar-refractivity contribution in [3.63, 3.8) is 0 Å². The summed E-state index contributed by atoms with van der Waals surface area (Å²) in [6.07, 6.45) is 5.11. The third kappa shape index (κ3) is 3.45. The molecule has 0 amide bonds. The third-order valence-electron chi connectivity index (χ3n) is 2.26. The Morgan fingerprint density at radius 2 is 2.00 bits per heavy atom. The van der Waals surface area contributed by atoms with Crippen LogP contribution < -0.4 is 10.1 Å². The molecule has 4 heteroatoms. The van der Waals surface area contributed by atoms with Gasteiger partial charge in [0.15, 0.2) is 0 Å². The van der Waals surface area contributed by atoms with Gasteiger partial charge in [-0.1, -0.05) is 0 Å². The molecule has 0 saturated heterocycles. The first-order valence-corrected chi connectivity index (χ1v) is 5.60. The Morgan fingerprint density at radius 1 is 1.18 bits per heavy atom. The molecule has 0 aliphatic rings. The van der Waals surface area contributed by atoms with Crippen LogP contribution in [0.25, 0.3) is 0 Å². The quantitative estimate of drug-likeness (QED) is 0.855. The van der Waals surface area contributed by atoms with Crippen LogP contribution in [-0.4, -0.2) is 16.6 Å². The molecule has 0 aliphatic carbocycles. The van der Waals surface area contributed by atoms with Crippen LogP contribution in [0.1, 0.15) is 12.6 Å². The molecule has 1 aromatic heterocycles. The van der Waals surface area contributed by atoms with Gasteiger partial charge in [-0.15, -0.1) is 0 Å². The third-order valence-corrected chi connectivity index (χ3v) is 2.26. The van der Waals surface area contributed by atoms with Gasteiger partial charge in [0.1, 0.15) is 5.75 Å². The van der Waals surface area contributed by atoms with E-state index in [1.165, 1.54) is 0 Å². The highest BCUT2D eigenvalue weighted by atomic mass is 16.5. The summed E-state index contributed by atoms with van der Waals surface area (Å²) in [4.78, 5) is 8.20. The van der Waals surface area contributed by atoms with Crippen molar-refractivity contribution >= 4 is 5.69 Å². The average Bonchev–Trinajstić information content (AvgIpc) is 2.40. The zero-order valence-corrected chi connectivity index (χ0v) is 9.76. The SMILES string of the molecule is CCOc1ccc(NCc2cnccn2)cc1. The summed E-state index contributed by atoms with van der Waals surface area (Å²) >= 11 is 0. The Bertz CT molecular complexity index is 442. The summed E-state index contributed by atoms with van der Waals surface area (Å²) in [5.74, 6) is 0.887. The van der Waals surface area contributed by atoms with Crippen molar-refractivity contribution in [1.82, 2.24) is 9.97 Å². The van der Waals surface area contributed by atoms with Crippen molar-refractivity contribution < 1.29 is 4.74 Å². The van der Waals surface area contributed by atoms with Crippen molar-refractivity contribution in [2.45, 2.75) is 13.5 Å². The molecule has 0 unspecified atom stereocenters. The van der Waals surface area contributed by atoms with Gasteiger partial charge >= 0.3 is 0 Å². The highest BCUT2D eigenvalue weighted by molar-refractivity contribution is 5.46. The van der Waals surface area contributed by atoms with E-state index in [9.17, 15) is 0 Å². The van der Waals surface area contributed by atoms with E-state index in [1.54, 1.807) is 18.6 Å². The minimum Gasteiger partial charge on any atom is -0.494 e. The maximum atomic E-state index is 5.37. The number of hydrogen-bond donors (Lipinski definition) is 1. The molecule has 2 rings (SSSR count). The van der Waals surface area contributed by atoms with Crippen LogP contribution in [0.4, 0.5) is 5.69 Å². The van der Waals surface area contributed by atoms with E-state index in [2.05, 4.69) is 15.3 Å². The van der Waals surface area contributed by atoms with Crippen LogP contribution >= 0.6 is 0 Å². The number of benzene rings is 1. The highest BCUT2D eigenvalue weighted by Gasteiger charge is 1.96. The minimum atomic E-state index is 0.668. The van der Waals surface area contributed by atoms with Gasteiger partial charge in [0, 0.05) is 18.1 Å². The van der Waals surface area contributed by atoms with E-state index < -0.39 is 0 Å². The zero-order chi connectivity index (χ0) is 11.9. The summed E-state index contributed by atoms with van der Waals surface area (Å²) in [5, 5.41) is 3.27. The monoisotopic (exact) mass is 229 g/mol. The maximum Gasteiger partial charge on any atom is 0.119 e. The molecule has 0 spiro atoms. The van der Waals surface area contributed by atoms with E-state index >= 15 is 0 Å². The molecule has 1 heterocycles. The molecule has 2 aromatic rings. The Balaban J connectivity index is 1.91. The van der Waals surface area contributed by atoms with Crippen LogP contribution in [0.2, 0.25) is 0 Å². The Morgan fingerprint density at radius 3 is 2.65 bits per heavy atom. The smallest absolute Gasteiger partial charge is 0.119 e. The van der Waals surface area contributed by atoms with Crippen molar-refractivity contribution in [3.8, 4) is 5.75 Å². The first-order valence-electron chi connectivity index (χ1n) is 5.60. The standard InChI is InChI=1S/C13H15N3O/c1-2-17-13-5-3-11(4-6-13)16-10-12-9-14-7-8-15-12/h3-9,16H,2,10H2,1H3. The summed E-state index contributed by atoms with van der Waals surface area (Å²) in [6, 6.07) is 7.87. The molecule has 4 nitrogen and oxygen atoms in total. The van der Waals surface area contributed by atoms with E-state index in [4.69, 9.17) is 4.74 Å². The van der Waals surface area contributed by atoms with Crippen LogP contribution in [-0.2, 0) is 6.54 Å². The summed E-state index contributed by atoms with van der Waals surface area (Å²) < 4.78 is 5.37. The number of rotatable bonds is 5. The van der Waals surface area contributed by atoms with Gasteiger partial charge in [-0.25, -0.2) is 0 Å². The molecule has 0 fully saturated rings. The molecule has 0 radical (unpaired) electrons. The maximum absolute atomic E-state index is 5.37. The normalized spacial score (nSPS) is 9.94. The van der Waals surface area contributed by atoms with Gasteiger partial charge in [-0.05, 0) is 31.2 Å². The van der Waals surface area contributed by atoms with E-state index in [-0.39, 0.29) is 0 Å². The minimum absolute atomic E-state index is 0.668. The van der Waals surface area contributed by atoms with Gasteiger partial charge < -0.3 is 10.1 Å². The number of ether oxygens (including phenoxy) is 1. The lowest BCUT2D eigenvalue weighted by atomic mass is 10.3.